The van der Waals surface area contributed by atoms with Crippen LogP contribution < -0.4 is 20.1 Å². The topological polar surface area (TPSA) is 54.9 Å². The summed E-state index contributed by atoms with van der Waals surface area (Å²) >= 11 is 0. The van der Waals surface area contributed by atoms with Crippen LogP contribution in [0.2, 0.25) is 0 Å². The van der Waals surface area contributed by atoms with E-state index < -0.39 is 0 Å². The molecule has 0 aromatic heterocycles. The predicted octanol–water partition coefficient (Wildman–Crippen LogP) is 3.09. The molecule has 0 radical (unpaired) electrons. The van der Waals surface area contributed by atoms with Crippen molar-refractivity contribution in [3.05, 3.63) is 23.8 Å². The summed E-state index contributed by atoms with van der Waals surface area (Å²) in [6.07, 6.45) is 5.93. The largest absolute Gasteiger partial charge is 0.490 e. The van der Waals surface area contributed by atoms with Crippen LogP contribution >= 0.6 is 0 Å². The Balaban J connectivity index is 1.78. The number of benzene rings is 1. The van der Waals surface area contributed by atoms with Gasteiger partial charge in [-0.25, -0.2) is 0 Å². The zero-order valence-electron chi connectivity index (χ0n) is 14.4. The third kappa shape index (κ3) is 6.00. The fourth-order valence-corrected chi connectivity index (χ4v) is 2.48. The van der Waals surface area contributed by atoms with E-state index in [1.807, 2.05) is 12.1 Å². The second-order valence-electron chi connectivity index (χ2n) is 5.74. The number of ether oxygens (including phenoxy) is 2. The zero-order chi connectivity index (χ0) is 16.3. The number of nitrogens with one attached hydrogen (secondary N) is 2. The van der Waals surface area contributed by atoms with Gasteiger partial charge in [0.1, 0.15) is 0 Å². The van der Waals surface area contributed by atoms with Gasteiger partial charge >= 0.3 is 0 Å². The Kier molecular flexibility index (Phi) is 7.57. The standard InChI is InChI=1S/C18H29N3O2/c1-3-4-5-6-10-20-18(19-2)21-14-15-8-9-16-17(13-15)23-12-7-11-22-16/h8-9,13H,3-7,10-12,14H2,1-2H3,(H2,19,20,21). The molecule has 128 valence electrons. The Labute approximate surface area is 139 Å². The molecule has 1 aromatic carbocycles. The van der Waals surface area contributed by atoms with Gasteiger partial charge in [0.25, 0.3) is 0 Å². The second kappa shape index (κ2) is 9.98. The maximum absolute atomic E-state index is 5.73. The highest BCUT2D eigenvalue weighted by atomic mass is 16.5. The molecule has 5 heteroatoms. The molecule has 0 saturated heterocycles. The first-order valence-electron chi connectivity index (χ1n) is 8.66. The summed E-state index contributed by atoms with van der Waals surface area (Å²) in [5, 5.41) is 6.70. The molecule has 0 fully saturated rings. The minimum atomic E-state index is 0.713. The third-order valence-electron chi connectivity index (χ3n) is 3.82. The number of aliphatic imine (C=N–C) groups is 1. The fraction of sp³-hybridized carbons (Fsp3) is 0.611. The van der Waals surface area contributed by atoms with Crippen LogP contribution in [-0.4, -0.2) is 32.8 Å². The number of nitrogens with zero attached hydrogens (tertiary/aromatic N) is 1. The molecule has 5 nitrogen and oxygen atoms in total. The summed E-state index contributed by atoms with van der Waals surface area (Å²) < 4.78 is 11.4. The van der Waals surface area contributed by atoms with Gasteiger partial charge in [-0.3, -0.25) is 4.99 Å². The summed E-state index contributed by atoms with van der Waals surface area (Å²) in [6, 6.07) is 6.09. The van der Waals surface area contributed by atoms with Gasteiger partial charge in [0.15, 0.2) is 17.5 Å². The average Bonchev–Trinajstić information content (AvgIpc) is 2.82. The molecule has 0 spiro atoms. The molecule has 1 aliphatic rings. The van der Waals surface area contributed by atoms with Gasteiger partial charge in [0.2, 0.25) is 0 Å². The van der Waals surface area contributed by atoms with Crippen LogP contribution in [0.15, 0.2) is 23.2 Å². The van der Waals surface area contributed by atoms with Crippen molar-refractivity contribution in [2.45, 2.75) is 45.6 Å². The normalized spacial score (nSPS) is 14.3. The summed E-state index contributed by atoms with van der Waals surface area (Å²) in [7, 11) is 1.80. The Morgan fingerprint density at radius 1 is 1.09 bits per heavy atom. The van der Waals surface area contributed by atoms with E-state index >= 15 is 0 Å². The van der Waals surface area contributed by atoms with E-state index in [-0.39, 0.29) is 0 Å². The van der Waals surface area contributed by atoms with Crippen LogP contribution in [0.5, 0.6) is 11.5 Å². The second-order valence-corrected chi connectivity index (χ2v) is 5.74. The summed E-state index contributed by atoms with van der Waals surface area (Å²) in [4.78, 5) is 4.26. The van der Waals surface area contributed by atoms with Gasteiger partial charge in [-0.05, 0) is 24.1 Å². The highest BCUT2D eigenvalue weighted by Crippen LogP contribution is 2.30. The van der Waals surface area contributed by atoms with E-state index in [0.717, 1.165) is 42.6 Å². The maximum atomic E-state index is 5.73. The summed E-state index contributed by atoms with van der Waals surface area (Å²) in [5.41, 5.74) is 1.16. The van der Waals surface area contributed by atoms with Gasteiger partial charge < -0.3 is 20.1 Å². The highest BCUT2D eigenvalue weighted by molar-refractivity contribution is 5.79. The summed E-state index contributed by atoms with van der Waals surface area (Å²) in [5.74, 6) is 2.52. The first-order valence-corrected chi connectivity index (χ1v) is 8.66. The van der Waals surface area contributed by atoms with E-state index in [1.54, 1.807) is 7.05 Å². The molecule has 1 heterocycles. The fourth-order valence-electron chi connectivity index (χ4n) is 2.48. The molecule has 1 aliphatic heterocycles. The van der Waals surface area contributed by atoms with E-state index in [1.165, 1.54) is 25.7 Å². The van der Waals surface area contributed by atoms with Gasteiger partial charge in [0, 0.05) is 26.6 Å². The summed E-state index contributed by atoms with van der Waals surface area (Å²) in [6.45, 7) is 5.33. The van der Waals surface area contributed by atoms with E-state index in [4.69, 9.17) is 9.47 Å². The number of hydrogen-bond donors (Lipinski definition) is 2. The van der Waals surface area contributed by atoms with Crippen LogP contribution in [0.1, 0.15) is 44.6 Å². The number of hydrogen-bond acceptors (Lipinski definition) is 3. The van der Waals surface area contributed by atoms with Gasteiger partial charge in [-0.1, -0.05) is 32.3 Å². The Bertz CT molecular complexity index is 503. The van der Waals surface area contributed by atoms with Crippen LogP contribution in [0, 0.1) is 0 Å². The molecular formula is C18H29N3O2. The maximum Gasteiger partial charge on any atom is 0.191 e. The molecule has 1 aromatic rings. The lowest BCUT2D eigenvalue weighted by molar-refractivity contribution is 0.297. The smallest absolute Gasteiger partial charge is 0.191 e. The van der Waals surface area contributed by atoms with E-state index in [9.17, 15) is 0 Å². The monoisotopic (exact) mass is 319 g/mol. The van der Waals surface area contributed by atoms with Crippen LogP contribution in [0.3, 0.4) is 0 Å². The SMILES string of the molecule is CCCCCCNC(=NC)NCc1ccc2c(c1)OCCCO2. The van der Waals surface area contributed by atoms with Crippen molar-refractivity contribution in [2.24, 2.45) is 4.99 Å². The van der Waals surface area contributed by atoms with Crippen molar-refractivity contribution < 1.29 is 9.47 Å². The first-order chi connectivity index (χ1) is 11.3. The molecule has 0 unspecified atom stereocenters. The third-order valence-corrected chi connectivity index (χ3v) is 3.82. The van der Waals surface area contributed by atoms with Gasteiger partial charge in [-0.15, -0.1) is 0 Å². The quantitative estimate of drug-likeness (QED) is 0.461. The van der Waals surface area contributed by atoms with Crippen LogP contribution in [0.4, 0.5) is 0 Å². The average molecular weight is 319 g/mol. The Morgan fingerprint density at radius 2 is 1.91 bits per heavy atom. The Hall–Kier alpha value is -1.91. The van der Waals surface area contributed by atoms with Gasteiger partial charge in [0.05, 0.1) is 13.2 Å². The van der Waals surface area contributed by atoms with Crippen molar-refractivity contribution in [2.75, 3.05) is 26.8 Å². The lowest BCUT2D eigenvalue weighted by atomic mass is 10.2. The molecule has 0 saturated carbocycles. The number of guanidine groups is 1. The lowest BCUT2D eigenvalue weighted by Gasteiger charge is -2.13. The number of unbranched alkanes of at least 4 members (excludes halogenated alkanes) is 3. The van der Waals surface area contributed by atoms with Crippen LogP contribution in [-0.2, 0) is 6.54 Å². The van der Waals surface area contributed by atoms with Crippen molar-refractivity contribution in [3.63, 3.8) is 0 Å². The molecule has 0 aliphatic carbocycles. The minimum Gasteiger partial charge on any atom is -0.490 e. The van der Waals surface area contributed by atoms with Crippen molar-refractivity contribution in [3.8, 4) is 11.5 Å². The number of fused-ring (bicyclic) bond motifs is 1. The molecule has 23 heavy (non-hydrogen) atoms. The number of rotatable bonds is 7. The van der Waals surface area contributed by atoms with Crippen molar-refractivity contribution in [1.29, 1.82) is 0 Å². The lowest BCUT2D eigenvalue weighted by Crippen LogP contribution is -2.37. The molecular weight excluding hydrogens is 290 g/mol. The van der Waals surface area contributed by atoms with Crippen LogP contribution in [0.25, 0.3) is 0 Å². The highest BCUT2D eigenvalue weighted by Gasteiger charge is 2.10. The van der Waals surface area contributed by atoms with E-state index in [2.05, 4.69) is 28.6 Å². The first kappa shape index (κ1) is 17.4. The molecule has 0 amide bonds. The molecule has 0 atom stereocenters. The molecule has 0 bridgehead atoms. The minimum absolute atomic E-state index is 0.713. The zero-order valence-corrected chi connectivity index (χ0v) is 14.4. The van der Waals surface area contributed by atoms with E-state index in [0.29, 0.717) is 13.2 Å². The molecule has 2 N–H and O–H groups in total. The van der Waals surface area contributed by atoms with Crippen molar-refractivity contribution in [1.82, 2.24) is 10.6 Å². The Morgan fingerprint density at radius 3 is 2.70 bits per heavy atom. The molecule has 2 rings (SSSR count). The predicted molar refractivity (Wildman–Crippen MR) is 94.4 cm³/mol. The van der Waals surface area contributed by atoms with Crippen molar-refractivity contribution >= 4 is 5.96 Å². The van der Waals surface area contributed by atoms with Gasteiger partial charge in [-0.2, -0.15) is 0 Å².